The number of pyridine rings is 1. The first-order valence-corrected chi connectivity index (χ1v) is 16.5. The minimum Gasteiger partial charge on any atom is -0.619 e. The number of aromatic nitrogens is 1. The Labute approximate surface area is 287 Å². The summed E-state index contributed by atoms with van der Waals surface area (Å²) in [5.41, 5.74) is 2.48. The van der Waals surface area contributed by atoms with E-state index in [1.54, 1.807) is 12.1 Å². The maximum Gasteiger partial charge on any atom is 0.346 e. The number of likely N-dealkylation sites (tertiary alicyclic amines) is 1. The molecule has 3 atom stereocenters. The van der Waals surface area contributed by atoms with Gasteiger partial charge < -0.3 is 29.4 Å². The maximum atomic E-state index is 13.4. The van der Waals surface area contributed by atoms with E-state index in [4.69, 9.17) is 37.4 Å². The number of halogens is 2. The van der Waals surface area contributed by atoms with Crippen LogP contribution in [0.1, 0.15) is 55.2 Å². The Bertz CT molecular complexity index is 1710. The van der Waals surface area contributed by atoms with Gasteiger partial charge in [-0.2, -0.15) is 4.73 Å². The molecule has 3 heterocycles. The molecule has 0 spiro atoms. The predicted molar refractivity (Wildman–Crippen MR) is 180 cm³/mol. The molecule has 0 amide bonds. The number of esters is 1. The number of nitrogens with one attached hydrogen (secondary N) is 1. The van der Waals surface area contributed by atoms with Crippen LogP contribution in [0.15, 0.2) is 67.0 Å². The van der Waals surface area contributed by atoms with Gasteiger partial charge in [0.25, 0.3) is 0 Å². The van der Waals surface area contributed by atoms with Crippen LogP contribution in [0.2, 0.25) is 10.0 Å². The third-order valence-electron chi connectivity index (χ3n) is 8.14. The summed E-state index contributed by atoms with van der Waals surface area (Å²) in [4.78, 5) is 29.1. The second-order valence-electron chi connectivity index (χ2n) is 11.3. The normalized spacial score (nSPS) is 16.1. The molecule has 0 saturated carbocycles. The zero-order chi connectivity index (χ0) is 33.7. The van der Waals surface area contributed by atoms with Crippen molar-refractivity contribution in [1.29, 1.82) is 0 Å². The van der Waals surface area contributed by atoms with Crippen molar-refractivity contribution >= 4 is 46.5 Å². The number of carbonyl (C=O) groups excluding carboxylic acids is 1. The van der Waals surface area contributed by atoms with Crippen LogP contribution in [-0.4, -0.2) is 62.4 Å². The van der Waals surface area contributed by atoms with Gasteiger partial charge in [0.15, 0.2) is 23.9 Å². The Morgan fingerprint density at radius 3 is 2.38 bits per heavy atom. The number of carbonyl (C=O) groups is 2. The van der Waals surface area contributed by atoms with Gasteiger partial charge in [0, 0.05) is 36.0 Å². The van der Waals surface area contributed by atoms with Gasteiger partial charge >= 0.3 is 11.9 Å². The molecule has 248 valence electrons. The third kappa shape index (κ3) is 8.17. The van der Waals surface area contributed by atoms with Crippen LogP contribution in [0.3, 0.4) is 0 Å². The summed E-state index contributed by atoms with van der Waals surface area (Å²) in [6.07, 6.45) is 3.18. The molecule has 1 aliphatic rings. The highest BCUT2D eigenvalue weighted by Gasteiger charge is 2.31. The quantitative estimate of drug-likeness (QED) is 0.100. The fourth-order valence-corrected chi connectivity index (χ4v) is 7.40. The molecule has 0 aliphatic carbocycles. The highest BCUT2D eigenvalue weighted by Crippen LogP contribution is 2.41. The number of likely N-dealkylation sites (N-methyl/N-ethyl adjacent to an activating group) is 1. The van der Waals surface area contributed by atoms with Crippen molar-refractivity contribution < 1.29 is 33.6 Å². The topological polar surface area (TPSA) is 124 Å². The largest absolute Gasteiger partial charge is 0.619 e. The number of nitrogens with zero attached hydrogens (tertiary/aromatic N) is 2. The summed E-state index contributed by atoms with van der Waals surface area (Å²) in [6, 6.07) is 15.7. The van der Waals surface area contributed by atoms with Gasteiger partial charge in [-0.1, -0.05) is 59.6 Å². The van der Waals surface area contributed by atoms with Gasteiger partial charge in [-0.25, -0.2) is 9.59 Å². The standard InChI is InChI=1S/C34H35Cl2N3O7S/c1-38-12-11-22(17-38)46-34(42)31(20-7-5-4-6-8-20)37-16-23-14-25(32(47-23)33(40)41)24(15-26-27(35)18-39(43)19-28(26)36)21-9-10-29(44-2)30(13-21)45-3/h4-10,13-14,18-19,22,24,31,37H,11-12,15-17H2,1-3H3,(H,40,41)/t22-,24+,31?/m1/s1. The highest BCUT2D eigenvalue weighted by molar-refractivity contribution is 7.14. The SMILES string of the molecule is COc1ccc([C@H](Cc2c(Cl)c[n+]([O-])cc2Cl)c2cc(CNC(C(=O)O[C@@H]3CCN(C)C3)c3ccccc3)sc2C(=O)O)cc1OC. The minimum atomic E-state index is -1.10. The lowest BCUT2D eigenvalue weighted by Gasteiger charge is -2.21. The van der Waals surface area contributed by atoms with E-state index >= 15 is 0 Å². The predicted octanol–water partition coefficient (Wildman–Crippen LogP) is 5.86. The molecule has 1 unspecified atom stereocenters. The maximum absolute atomic E-state index is 13.4. The van der Waals surface area contributed by atoms with Gasteiger partial charge in [-0.15, -0.1) is 11.3 Å². The van der Waals surface area contributed by atoms with Crippen LogP contribution in [-0.2, 0) is 22.5 Å². The number of thiophene rings is 1. The minimum absolute atomic E-state index is 0.122. The Balaban J connectivity index is 1.50. The number of aromatic carboxylic acids is 1. The van der Waals surface area contributed by atoms with Gasteiger partial charge in [0.2, 0.25) is 0 Å². The molecule has 0 bridgehead atoms. The summed E-state index contributed by atoms with van der Waals surface area (Å²) < 4.78 is 17.4. The number of carboxylic acid groups (broad SMARTS) is 1. The van der Waals surface area contributed by atoms with E-state index in [2.05, 4.69) is 10.2 Å². The molecular weight excluding hydrogens is 665 g/mol. The molecule has 2 N–H and O–H groups in total. The zero-order valence-corrected chi connectivity index (χ0v) is 28.4. The molecule has 2 aromatic heterocycles. The van der Waals surface area contributed by atoms with E-state index in [1.165, 1.54) is 26.6 Å². The Morgan fingerprint density at radius 2 is 1.77 bits per heavy atom. The van der Waals surface area contributed by atoms with Crippen molar-refractivity contribution in [3.05, 3.63) is 114 Å². The lowest BCUT2D eigenvalue weighted by atomic mass is 9.85. The van der Waals surface area contributed by atoms with E-state index in [-0.39, 0.29) is 40.0 Å². The molecule has 1 aliphatic heterocycles. The van der Waals surface area contributed by atoms with Gasteiger partial charge in [-0.3, -0.25) is 5.32 Å². The Morgan fingerprint density at radius 1 is 1.06 bits per heavy atom. The average molecular weight is 701 g/mol. The van der Waals surface area contributed by atoms with E-state index in [9.17, 15) is 19.9 Å². The molecule has 10 nitrogen and oxygen atoms in total. The van der Waals surface area contributed by atoms with E-state index in [1.807, 2.05) is 49.5 Å². The number of benzene rings is 2. The molecule has 4 aromatic rings. The van der Waals surface area contributed by atoms with E-state index < -0.39 is 17.9 Å². The van der Waals surface area contributed by atoms with Crippen LogP contribution < -0.4 is 19.5 Å². The summed E-state index contributed by atoms with van der Waals surface area (Å²) >= 11 is 14.1. The molecule has 5 rings (SSSR count). The van der Waals surface area contributed by atoms with E-state index in [0.717, 1.165) is 35.4 Å². The van der Waals surface area contributed by atoms with Crippen LogP contribution in [0, 0.1) is 5.21 Å². The lowest BCUT2D eigenvalue weighted by Crippen LogP contribution is -2.33. The van der Waals surface area contributed by atoms with E-state index in [0.29, 0.717) is 38.8 Å². The summed E-state index contributed by atoms with van der Waals surface area (Å²) in [7, 11) is 5.04. The number of methoxy groups -OCH3 is 2. The monoisotopic (exact) mass is 699 g/mol. The smallest absolute Gasteiger partial charge is 0.346 e. The van der Waals surface area contributed by atoms with Crippen molar-refractivity contribution in [1.82, 2.24) is 10.2 Å². The number of hydrogen-bond donors (Lipinski definition) is 2. The molecule has 1 fully saturated rings. The first kappa shape index (κ1) is 34.5. The van der Waals surface area contributed by atoms with Crippen molar-refractivity contribution in [2.75, 3.05) is 34.4 Å². The Hall–Kier alpha value is -3.87. The van der Waals surface area contributed by atoms with Crippen LogP contribution >= 0.6 is 34.5 Å². The molecular formula is C34H35Cl2N3O7S. The van der Waals surface area contributed by atoms with Crippen LogP contribution in [0.25, 0.3) is 0 Å². The Kier molecular flexibility index (Phi) is 11.3. The molecule has 0 radical (unpaired) electrons. The summed E-state index contributed by atoms with van der Waals surface area (Å²) in [5.74, 6) is -1.08. The summed E-state index contributed by atoms with van der Waals surface area (Å²) in [5, 5.41) is 26.0. The van der Waals surface area contributed by atoms with Crippen LogP contribution in [0.5, 0.6) is 11.5 Å². The van der Waals surface area contributed by atoms with Crippen LogP contribution in [0.4, 0.5) is 0 Å². The van der Waals surface area contributed by atoms with Crippen molar-refractivity contribution in [3.8, 4) is 11.5 Å². The second kappa shape index (κ2) is 15.4. The molecule has 47 heavy (non-hydrogen) atoms. The number of hydrogen-bond acceptors (Lipinski definition) is 9. The third-order valence-corrected chi connectivity index (χ3v) is 9.93. The average Bonchev–Trinajstić information content (AvgIpc) is 3.66. The van der Waals surface area contributed by atoms with Crippen molar-refractivity contribution in [3.63, 3.8) is 0 Å². The first-order chi connectivity index (χ1) is 22.6. The van der Waals surface area contributed by atoms with Crippen molar-refractivity contribution in [2.24, 2.45) is 0 Å². The number of ether oxygens (including phenoxy) is 3. The number of carboxylic acids is 1. The highest BCUT2D eigenvalue weighted by atomic mass is 35.5. The van der Waals surface area contributed by atoms with Crippen molar-refractivity contribution in [2.45, 2.75) is 37.5 Å². The summed E-state index contributed by atoms with van der Waals surface area (Å²) in [6.45, 7) is 1.73. The van der Waals surface area contributed by atoms with Gasteiger partial charge in [0.1, 0.15) is 27.1 Å². The number of rotatable bonds is 13. The van der Waals surface area contributed by atoms with Gasteiger partial charge in [-0.05, 0) is 54.8 Å². The van der Waals surface area contributed by atoms with Gasteiger partial charge in [0.05, 0.1) is 14.2 Å². The fourth-order valence-electron chi connectivity index (χ4n) is 5.79. The first-order valence-electron chi connectivity index (χ1n) is 14.9. The lowest BCUT2D eigenvalue weighted by molar-refractivity contribution is -0.605. The fraction of sp³-hybridized carbons (Fsp3) is 0.324. The molecule has 1 saturated heterocycles. The zero-order valence-electron chi connectivity index (χ0n) is 26.1. The molecule has 2 aromatic carbocycles. The second-order valence-corrected chi connectivity index (χ2v) is 13.3. The molecule has 13 heteroatoms.